The second-order valence-corrected chi connectivity index (χ2v) is 7.35. The Morgan fingerprint density at radius 3 is 2.70 bits per heavy atom. The Labute approximate surface area is 126 Å². The molecule has 2 nitrogen and oxygen atoms in total. The molecule has 0 radical (unpaired) electrons. The molecule has 110 valence electrons. The zero-order valence-electron chi connectivity index (χ0n) is 12.5. The molecule has 1 aliphatic heterocycles. The number of epoxide rings is 1. The number of rotatable bonds is 4. The Bertz CT molecular complexity index is 482. The molecular formula is C17H23ClO2. The van der Waals surface area contributed by atoms with Gasteiger partial charge in [0.2, 0.25) is 0 Å². The first-order valence-corrected chi connectivity index (χ1v) is 7.83. The van der Waals surface area contributed by atoms with Crippen LogP contribution in [0.4, 0.5) is 0 Å². The first kappa shape index (κ1) is 14.4. The molecule has 3 atom stereocenters. The van der Waals surface area contributed by atoms with Gasteiger partial charge in [-0.15, -0.1) is 0 Å². The summed E-state index contributed by atoms with van der Waals surface area (Å²) in [6.07, 6.45) is 3.94. The fraction of sp³-hybridized carbons (Fsp3) is 0.647. The van der Waals surface area contributed by atoms with Crippen LogP contribution in [0.2, 0.25) is 5.02 Å². The third-order valence-corrected chi connectivity index (χ3v) is 5.28. The highest BCUT2D eigenvalue weighted by Gasteiger charge is 2.57. The fourth-order valence-corrected chi connectivity index (χ4v) is 3.37. The Kier molecular flexibility index (Phi) is 3.60. The van der Waals surface area contributed by atoms with Crippen molar-refractivity contribution >= 4 is 11.6 Å². The summed E-state index contributed by atoms with van der Waals surface area (Å²) in [6, 6.07) is 7.88. The molecule has 2 aliphatic rings. The van der Waals surface area contributed by atoms with E-state index in [0.29, 0.717) is 18.6 Å². The van der Waals surface area contributed by atoms with Crippen LogP contribution in [0.1, 0.15) is 45.6 Å². The number of halogens is 1. The van der Waals surface area contributed by atoms with Crippen LogP contribution in [0.5, 0.6) is 0 Å². The topological polar surface area (TPSA) is 21.8 Å². The van der Waals surface area contributed by atoms with E-state index in [-0.39, 0.29) is 11.2 Å². The van der Waals surface area contributed by atoms with E-state index in [1.807, 2.05) is 24.3 Å². The Morgan fingerprint density at radius 2 is 2.05 bits per heavy atom. The summed E-state index contributed by atoms with van der Waals surface area (Å²) in [7, 11) is 0. The van der Waals surface area contributed by atoms with Crippen molar-refractivity contribution in [3.05, 3.63) is 34.9 Å². The molecule has 1 aliphatic carbocycles. The van der Waals surface area contributed by atoms with Crippen molar-refractivity contribution in [3.63, 3.8) is 0 Å². The minimum Gasteiger partial charge on any atom is -0.371 e. The summed E-state index contributed by atoms with van der Waals surface area (Å²) in [5.41, 5.74) is 1.25. The molecule has 0 amide bonds. The molecule has 0 N–H and O–H groups in total. The van der Waals surface area contributed by atoms with Crippen LogP contribution in [0, 0.1) is 5.92 Å². The lowest BCUT2D eigenvalue weighted by Crippen LogP contribution is -2.38. The fourth-order valence-electron chi connectivity index (χ4n) is 3.24. The van der Waals surface area contributed by atoms with E-state index in [2.05, 4.69) is 20.8 Å². The Hall–Kier alpha value is -0.570. The maximum atomic E-state index is 6.20. The highest BCUT2D eigenvalue weighted by molar-refractivity contribution is 6.30. The number of ether oxygens (including phenoxy) is 2. The first-order chi connectivity index (χ1) is 9.39. The lowest BCUT2D eigenvalue weighted by Gasteiger charge is -2.37. The second kappa shape index (κ2) is 5.01. The lowest BCUT2D eigenvalue weighted by molar-refractivity contribution is -0.0792. The minimum atomic E-state index is -0.104. The molecule has 1 saturated heterocycles. The molecule has 3 unspecified atom stereocenters. The van der Waals surface area contributed by atoms with E-state index in [1.165, 1.54) is 12.0 Å². The van der Waals surface area contributed by atoms with Gasteiger partial charge in [-0.05, 0) is 63.6 Å². The zero-order chi connectivity index (χ0) is 14.4. The Morgan fingerprint density at radius 1 is 1.35 bits per heavy atom. The molecule has 1 aromatic rings. The maximum absolute atomic E-state index is 6.20. The van der Waals surface area contributed by atoms with E-state index < -0.39 is 0 Å². The van der Waals surface area contributed by atoms with Crippen LogP contribution in [-0.2, 0) is 16.1 Å². The minimum absolute atomic E-state index is 0.104. The average molecular weight is 295 g/mol. The zero-order valence-corrected chi connectivity index (χ0v) is 13.2. The summed E-state index contributed by atoms with van der Waals surface area (Å²) in [5, 5.41) is 0.769. The molecule has 1 heterocycles. The van der Waals surface area contributed by atoms with E-state index >= 15 is 0 Å². The molecule has 0 bridgehead atoms. The number of hydrogen-bond acceptors (Lipinski definition) is 2. The number of hydrogen-bond donors (Lipinski definition) is 0. The number of benzene rings is 1. The van der Waals surface area contributed by atoms with Gasteiger partial charge in [0, 0.05) is 5.02 Å². The van der Waals surface area contributed by atoms with Crippen molar-refractivity contribution in [2.24, 2.45) is 5.92 Å². The smallest absolute Gasteiger partial charge is 0.0920 e. The maximum Gasteiger partial charge on any atom is 0.0920 e. The van der Waals surface area contributed by atoms with Gasteiger partial charge < -0.3 is 9.47 Å². The van der Waals surface area contributed by atoms with Gasteiger partial charge in [-0.1, -0.05) is 23.7 Å². The van der Waals surface area contributed by atoms with Crippen LogP contribution in [0.25, 0.3) is 0 Å². The Balaban J connectivity index is 1.57. The van der Waals surface area contributed by atoms with Gasteiger partial charge in [0.25, 0.3) is 0 Å². The summed E-state index contributed by atoms with van der Waals surface area (Å²) in [6.45, 7) is 7.29. The van der Waals surface area contributed by atoms with Gasteiger partial charge in [-0.25, -0.2) is 0 Å². The molecule has 2 fully saturated rings. The van der Waals surface area contributed by atoms with Crippen LogP contribution >= 0.6 is 11.6 Å². The van der Waals surface area contributed by atoms with Gasteiger partial charge in [0.1, 0.15) is 0 Å². The quantitative estimate of drug-likeness (QED) is 0.757. The van der Waals surface area contributed by atoms with Gasteiger partial charge in [0.05, 0.1) is 23.9 Å². The van der Waals surface area contributed by atoms with Crippen molar-refractivity contribution in [1.29, 1.82) is 0 Å². The SMILES string of the molecule is CC(C)(OCc1ccc(Cl)cc1)C1CCC2(C)OC2C1. The summed E-state index contributed by atoms with van der Waals surface area (Å²) < 4.78 is 12.0. The monoisotopic (exact) mass is 294 g/mol. The molecule has 0 aromatic heterocycles. The average Bonchev–Trinajstić information content (AvgIpc) is 3.08. The van der Waals surface area contributed by atoms with E-state index in [4.69, 9.17) is 21.1 Å². The predicted octanol–water partition coefficient (Wildman–Crippen LogP) is 4.59. The lowest BCUT2D eigenvalue weighted by atomic mass is 9.75. The van der Waals surface area contributed by atoms with Crippen LogP contribution in [0.15, 0.2) is 24.3 Å². The molecular weight excluding hydrogens is 272 g/mol. The third-order valence-electron chi connectivity index (χ3n) is 5.03. The van der Waals surface area contributed by atoms with E-state index in [0.717, 1.165) is 17.9 Å². The van der Waals surface area contributed by atoms with E-state index in [9.17, 15) is 0 Å². The first-order valence-electron chi connectivity index (χ1n) is 7.45. The highest BCUT2D eigenvalue weighted by Crippen LogP contribution is 2.51. The molecule has 20 heavy (non-hydrogen) atoms. The number of fused-ring (bicyclic) bond motifs is 1. The van der Waals surface area contributed by atoms with Crippen LogP contribution in [-0.4, -0.2) is 17.3 Å². The predicted molar refractivity (Wildman–Crippen MR) is 80.9 cm³/mol. The molecule has 3 heteroatoms. The second-order valence-electron chi connectivity index (χ2n) is 6.91. The summed E-state index contributed by atoms with van der Waals surface area (Å²) >= 11 is 5.90. The third kappa shape index (κ3) is 2.88. The molecule has 0 spiro atoms. The van der Waals surface area contributed by atoms with Crippen LogP contribution < -0.4 is 0 Å². The van der Waals surface area contributed by atoms with Crippen molar-refractivity contribution in [2.75, 3.05) is 0 Å². The van der Waals surface area contributed by atoms with Crippen molar-refractivity contribution in [1.82, 2.24) is 0 Å². The van der Waals surface area contributed by atoms with Crippen molar-refractivity contribution in [3.8, 4) is 0 Å². The van der Waals surface area contributed by atoms with Gasteiger partial charge in [-0.2, -0.15) is 0 Å². The van der Waals surface area contributed by atoms with Crippen LogP contribution in [0.3, 0.4) is 0 Å². The van der Waals surface area contributed by atoms with Crippen molar-refractivity contribution in [2.45, 2.75) is 63.9 Å². The van der Waals surface area contributed by atoms with Gasteiger partial charge in [0.15, 0.2) is 0 Å². The van der Waals surface area contributed by atoms with Gasteiger partial charge in [-0.3, -0.25) is 0 Å². The standard InChI is InChI=1S/C17H23ClO2/c1-16(2,13-8-9-17(3)15(10-13)20-17)19-11-12-4-6-14(18)7-5-12/h4-7,13,15H,8-11H2,1-3H3. The van der Waals surface area contributed by atoms with E-state index in [1.54, 1.807) is 0 Å². The van der Waals surface area contributed by atoms with Gasteiger partial charge >= 0.3 is 0 Å². The van der Waals surface area contributed by atoms with Crippen molar-refractivity contribution < 1.29 is 9.47 Å². The summed E-state index contributed by atoms with van der Waals surface area (Å²) in [5.74, 6) is 0.579. The molecule has 1 aromatic carbocycles. The summed E-state index contributed by atoms with van der Waals surface area (Å²) in [4.78, 5) is 0. The highest BCUT2D eigenvalue weighted by atomic mass is 35.5. The normalized spacial score (nSPS) is 32.8. The molecule has 3 rings (SSSR count). The molecule has 1 saturated carbocycles. The largest absolute Gasteiger partial charge is 0.371 e.